The number of aliphatic hydroxyl groups excluding tert-OH is 1. The second-order valence-electron chi connectivity index (χ2n) is 2.41. The quantitative estimate of drug-likeness (QED) is 0.766. The van der Waals surface area contributed by atoms with E-state index in [0.29, 0.717) is 0 Å². The summed E-state index contributed by atoms with van der Waals surface area (Å²) in [6, 6.07) is 0. The summed E-state index contributed by atoms with van der Waals surface area (Å²) >= 11 is 0.852. The third-order valence-electron chi connectivity index (χ3n) is 1.37. The average Bonchev–Trinajstić information content (AvgIpc) is 2.50. The van der Waals surface area contributed by atoms with E-state index >= 15 is 0 Å². The molecule has 0 saturated heterocycles. The van der Waals surface area contributed by atoms with Crippen LogP contribution in [0.1, 0.15) is 28.5 Å². The summed E-state index contributed by atoms with van der Waals surface area (Å²) in [5.74, 6) is -0.302. The molecule has 3 nitrogen and oxygen atoms in total. The Balaban J connectivity index is 2.85. The lowest BCUT2D eigenvalue weighted by atomic mass is 10.3. The van der Waals surface area contributed by atoms with Crippen molar-refractivity contribution < 1.29 is 18.7 Å². The van der Waals surface area contributed by atoms with Gasteiger partial charge in [-0.1, -0.05) is 0 Å². The maximum Gasteiger partial charge on any atom is 0.270 e. The van der Waals surface area contributed by atoms with Crippen LogP contribution in [0.4, 0.5) is 8.78 Å². The maximum atomic E-state index is 12.0. The number of hydrogen-bond donors (Lipinski definition) is 1. The fourth-order valence-corrected chi connectivity index (χ4v) is 1.54. The van der Waals surface area contributed by atoms with E-state index < -0.39 is 12.5 Å². The van der Waals surface area contributed by atoms with Gasteiger partial charge in [0.1, 0.15) is 10.7 Å². The molecule has 6 heteroatoms. The Hall–Kier alpha value is -0.880. The van der Waals surface area contributed by atoms with E-state index in [-0.39, 0.29) is 16.5 Å². The van der Waals surface area contributed by atoms with Crippen molar-refractivity contribution in [1.82, 2.24) is 4.98 Å². The van der Waals surface area contributed by atoms with Crippen LogP contribution in [-0.4, -0.2) is 22.3 Å². The minimum absolute atomic E-state index is 0.111. The van der Waals surface area contributed by atoms with Crippen LogP contribution >= 0.6 is 11.3 Å². The van der Waals surface area contributed by atoms with Crippen molar-refractivity contribution >= 4 is 17.1 Å². The van der Waals surface area contributed by atoms with Crippen LogP contribution in [0.25, 0.3) is 0 Å². The van der Waals surface area contributed by atoms with Gasteiger partial charge >= 0.3 is 0 Å². The van der Waals surface area contributed by atoms with Gasteiger partial charge in [-0.2, -0.15) is 0 Å². The Kier molecular flexibility index (Phi) is 3.05. The van der Waals surface area contributed by atoms with Crippen LogP contribution in [-0.2, 0) is 0 Å². The Morgan fingerprint density at radius 1 is 1.69 bits per heavy atom. The van der Waals surface area contributed by atoms with Crippen molar-refractivity contribution in [1.29, 1.82) is 0 Å². The number of ketones is 1. The zero-order chi connectivity index (χ0) is 10.0. The number of aliphatic hydroxyl groups is 1. The van der Waals surface area contributed by atoms with Gasteiger partial charge in [-0.25, -0.2) is 13.8 Å². The molecule has 0 amide bonds. The molecule has 0 spiro atoms. The molecule has 0 fully saturated rings. The van der Waals surface area contributed by atoms with Crippen molar-refractivity contribution in [2.75, 3.05) is 0 Å². The van der Waals surface area contributed by atoms with Crippen molar-refractivity contribution in [3.05, 3.63) is 16.1 Å². The topological polar surface area (TPSA) is 50.2 Å². The molecule has 72 valence electrons. The highest BCUT2D eigenvalue weighted by Gasteiger charge is 2.22. The fraction of sp³-hybridized carbons (Fsp3) is 0.429. The molecule has 1 atom stereocenters. The molecule has 13 heavy (non-hydrogen) atoms. The molecular formula is C7H7F2NO2S. The number of Topliss-reactive ketones (excluding diaryl/α,β-unsaturated/α-hetero) is 1. The maximum absolute atomic E-state index is 12.0. The van der Waals surface area contributed by atoms with E-state index in [1.807, 2.05) is 0 Å². The molecule has 0 aliphatic carbocycles. The van der Waals surface area contributed by atoms with E-state index in [2.05, 4.69) is 4.98 Å². The number of carbonyl (C=O) groups excluding carboxylic acids is 1. The number of carbonyl (C=O) groups is 1. The zero-order valence-corrected chi connectivity index (χ0v) is 7.52. The van der Waals surface area contributed by atoms with Crippen LogP contribution in [0.15, 0.2) is 5.38 Å². The first-order valence-corrected chi connectivity index (χ1v) is 4.33. The van der Waals surface area contributed by atoms with Gasteiger partial charge in [-0.3, -0.25) is 4.79 Å². The van der Waals surface area contributed by atoms with E-state index in [1.54, 1.807) is 0 Å². The molecule has 0 aliphatic heterocycles. The molecule has 1 N–H and O–H groups in total. The number of rotatable bonds is 3. The summed E-state index contributed by atoms with van der Waals surface area (Å²) in [7, 11) is 0. The molecule has 1 aromatic heterocycles. The van der Waals surface area contributed by atoms with Gasteiger partial charge in [0.05, 0.1) is 0 Å². The van der Waals surface area contributed by atoms with Crippen LogP contribution in [0, 0.1) is 0 Å². The lowest BCUT2D eigenvalue weighted by Gasteiger charge is -2.03. The molecule has 1 rings (SSSR count). The van der Waals surface area contributed by atoms with Gasteiger partial charge in [-0.15, -0.1) is 11.3 Å². The molecule has 1 aromatic rings. The summed E-state index contributed by atoms with van der Waals surface area (Å²) < 4.78 is 23.9. The first kappa shape index (κ1) is 10.2. The SMILES string of the molecule is CC(=O)c1csc(C(O)C(F)F)n1. The number of aromatic nitrogens is 1. The third-order valence-corrected chi connectivity index (χ3v) is 2.29. The molecular weight excluding hydrogens is 200 g/mol. The Labute approximate surface area is 77.0 Å². The third kappa shape index (κ3) is 2.28. The van der Waals surface area contributed by atoms with Gasteiger partial charge in [0.15, 0.2) is 11.9 Å². The Morgan fingerprint density at radius 3 is 2.69 bits per heavy atom. The molecule has 0 saturated carbocycles. The van der Waals surface area contributed by atoms with Gasteiger partial charge in [-0.05, 0) is 0 Å². The number of thiazole rings is 1. The minimum atomic E-state index is -2.87. The lowest BCUT2D eigenvalue weighted by Crippen LogP contribution is -2.08. The number of alkyl halides is 2. The molecule has 0 bridgehead atoms. The van der Waals surface area contributed by atoms with E-state index in [0.717, 1.165) is 11.3 Å². The van der Waals surface area contributed by atoms with E-state index in [4.69, 9.17) is 5.11 Å². The summed E-state index contributed by atoms with van der Waals surface area (Å²) in [5.41, 5.74) is 0.111. The summed E-state index contributed by atoms with van der Waals surface area (Å²) in [6.45, 7) is 1.29. The summed E-state index contributed by atoms with van der Waals surface area (Å²) in [4.78, 5) is 14.3. The highest BCUT2D eigenvalue weighted by Crippen LogP contribution is 2.23. The fourth-order valence-electron chi connectivity index (χ4n) is 0.693. The monoisotopic (exact) mass is 207 g/mol. The first-order chi connectivity index (χ1) is 6.02. The second kappa shape index (κ2) is 3.89. The Bertz CT molecular complexity index is 313. The van der Waals surface area contributed by atoms with Crippen LogP contribution < -0.4 is 0 Å². The molecule has 1 unspecified atom stereocenters. The highest BCUT2D eigenvalue weighted by molar-refractivity contribution is 7.09. The molecule has 0 aromatic carbocycles. The Morgan fingerprint density at radius 2 is 2.31 bits per heavy atom. The van der Waals surface area contributed by atoms with E-state index in [9.17, 15) is 13.6 Å². The minimum Gasteiger partial charge on any atom is -0.380 e. The smallest absolute Gasteiger partial charge is 0.270 e. The predicted octanol–water partition coefficient (Wildman–Crippen LogP) is 1.64. The van der Waals surface area contributed by atoms with Crippen LogP contribution in [0.3, 0.4) is 0 Å². The molecule has 1 heterocycles. The van der Waals surface area contributed by atoms with Crippen molar-refractivity contribution in [2.45, 2.75) is 19.5 Å². The highest BCUT2D eigenvalue weighted by atomic mass is 32.1. The van der Waals surface area contributed by atoms with Crippen LogP contribution in [0.2, 0.25) is 0 Å². The van der Waals surface area contributed by atoms with E-state index in [1.165, 1.54) is 12.3 Å². The van der Waals surface area contributed by atoms with Gasteiger partial charge < -0.3 is 5.11 Å². The molecule has 0 radical (unpaired) electrons. The molecule has 0 aliphatic rings. The van der Waals surface area contributed by atoms with Gasteiger partial charge in [0.2, 0.25) is 0 Å². The normalized spacial score (nSPS) is 13.3. The van der Waals surface area contributed by atoms with Crippen LogP contribution in [0.5, 0.6) is 0 Å². The van der Waals surface area contributed by atoms with Gasteiger partial charge in [0.25, 0.3) is 6.43 Å². The standard InChI is InChI=1S/C7H7F2NO2S/c1-3(11)4-2-13-7(10-4)5(12)6(8)9/h2,5-6,12H,1H3. The number of hydrogen-bond acceptors (Lipinski definition) is 4. The average molecular weight is 207 g/mol. The zero-order valence-electron chi connectivity index (χ0n) is 6.70. The number of halogens is 2. The first-order valence-electron chi connectivity index (χ1n) is 3.45. The number of nitrogens with zero attached hydrogens (tertiary/aromatic N) is 1. The second-order valence-corrected chi connectivity index (χ2v) is 3.30. The largest absolute Gasteiger partial charge is 0.380 e. The lowest BCUT2D eigenvalue weighted by molar-refractivity contribution is -0.00593. The van der Waals surface area contributed by atoms with Crippen molar-refractivity contribution in [2.24, 2.45) is 0 Å². The van der Waals surface area contributed by atoms with Crippen molar-refractivity contribution in [3.63, 3.8) is 0 Å². The summed E-state index contributed by atoms with van der Waals surface area (Å²) in [6.07, 6.45) is -4.76. The van der Waals surface area contributed by atoms with Gasteiger partial charge in [0, 0.05) is 12.3 Å². The predicted molar refractivity (Wildman–Crippen MR) is 43.1 cm³/mol. The van der Waals surface area contributed by atoms with Crippen molar-refractivity contribution in [3.8, 4) is 0 Å². The summed E-state index contributed by atoms with van der Waals surface area (Å²) in [5, 5.41) is 10.1.